The maximum Gasteiger partial charge on any atom is 0.433 e. The number of pyridine rings is 1. The molecule has 0 radical (unpaired) electrons. The number of carbonyl (C=O) groups is 1. The minimum absolute atomic E-state index is 0.0611. The van der Waals surface area contributed by atoms with Crippen molar-refractivity contribution < 1.29 is 27.4 Å². The molecule has 2 N–H and O–H groups in total. The molecule has 1 aliphatic rings. The molecule has 182 valence electrons. The number of hydrogen-bond acceptors (Lipinski definition) is 7. The summed E-state index contributed by atoms with van der Waals surface area (Å²) in [5.41, 5.74) is 8.46. The summed E-state index contributed by atoms with van der Waals surface area (Å²) in [5.74, 6) is -0.0540. The third kappa shape index (κ3) is 3.94. The first-order valence-electron chi connectivity index (χ1n) is 10.6. The molecule has 0 unspecified atom stereocenters. The Hall–Kier alpha value is -3.77. The zero-order valence-corrected chi connectivity index (χ0v) is 18.8. The molecule has 1 aromatic carbocycles. The van der Waals surface area contributed by atoms with Crippen LogP contribution in [0.2, 0.25) is 0 Å². The topological polar surface area (TPSA) is 108 Å². The molecule has 4 heterocycles. The van der Waals surface area contributed by atoms with Crippen molar-refractivity contribution in [3.05, 3.63) is 64.9 Å². The van der Waals surface area contributed by atoms with Crippen LogP contribution in [0.15, 0.2) is 36.8 Å². The third-order valence-electron chi connectivity index (χ3n) is 6.09. The number of carbonyl (C=O) groups excluding carboxylic acids is 1. The number of methoxy groups -OCH3 is 1. The van der Waals surface area contributed by atoms with Crippen LogP contribution >= 0.6 is 0 Å². The van der Waals surface area contributed by atoms with Crippen LogP contribution in [0.5, 0.6) is 0 Å². The Balaban J connectivity index is 1.57. The summed E-state index contributed by atoms with van der Waals surface area (Å²) in [7, 11) is 3.09. The van der Waals surface area contributed by atoms with Crippen molar-refractivity contribution in [2.45, 2.75) is 25.4 Å². The molecule has 0 spiro atoms. The number of ether oxygens (including phenoxy) is 2. The van der Waals surface area contributed by atoms with Gasteiger partial charge in [-0.1, -0.05) is 6.07 Å². The lowest BCUT2D eigenvalue weighted by Crippen LogP contribution is -2.37. The van der Waals surface area contributed by atoms with Crippen LogP contribution in [0.4, 0.5) is 19.0 Å². The summed E-state index contributed by atoms with van der Waals surface area (Å²) in [4.78, 5) is 27.4. The number of amides is 1. The molecule has 0 saturated carbocycles. The SMILES string of the molecule is COCc1cc2nc(N)c3cncn3c2cc1C(=O)N(C)[C@@H]1COCc2nc(C(F)(F)F)ccc21. The number of hydrogen-bond donors (Lipinski definition) is 1. The van der Waals surface area contributed by atoms with Gasteiger partial charge in [-0.15, -0.1) is 0 Å². The summed E-state index contributed by atoms with van der Waals surface area (Å²) in [5, 5.41) is 0. The summed E-state index contributed by atoms with van der Waals surface area (Å²) in [6.07, 6.45) is -1.41. The quantitative estimate of drug-likeness (QED) is 0.471. The van der Waals surface area contributed by atoms with Crippen molar-refractivity contribution in [1.82, 2.24) is 24.3 Å². The van der Waals surface area contributed by atoms with Gasteiger partial charge in [0.15, 0.2) is 0 Å². The van der Waals surface area contributed by atoms with E-state index in [0.29, 0.717) is 39.1 Å². The molecule has 3 aromatic heterocycles. The van der Waals surface area contributed by atoms with Gasteiger partial charge in [-0.05, 0) is 23.8 Å². The summed E-state index contributed by atoms with van der Waals surface area (Å²) in [6, 6.07) is 5.09. The molecular weight excluding hydrogens is 465 g/mol. The molecule has 1 atom stereocenters. The minimum Gasteiger partial charge on any atom is -0.382 e. The van der Waals surface area contributed by atoms with Gasteiger partial charge in [-0.2, -0.15) is 13.2 Å². The molecule has 4 aromatic rings. The van der Waals surface area contributed by atoms with Gasteiger partial charge in [0.2, 0.25) is 0 Å². The van der Waals surface area contributed by atoms with Crippen molar-refractivity contribution in [3.8, 4) is 0 Å². The van der Waals surface area contributed by atoms with Crippen LogP contribution in [0.1, 0.15) is 38.9 Å². The average molecular weight is 486 g/mol. The molecule has 0 bridgehead atoms. The van der Waals surface area contributed by atoms with E-state index in [9.17, 15) is 18.0 Å². The normalized spacial score (nSPS) is 16.0. The predicted molar refractivity (Wildman–Crippen MR) is 119 cm³/mol. The zero-order chi connectivity index (χ0) is 24.9. The minimum atomic E-state index is -4.57. The van der Waals surface area contributed by atoms with Gasteiger partial charge >= 0.3 is 6.18 Å². The van der Waals surface area contributed by atoms with Gasteiger partial charge in [0.25, 0.3) is 5.91 Å². The first-order valence-corrected chi connectivity index (χ1v) is 10.6. The Labute approximate surface area is 197 Å². The van der Waals surface area contributed by atoms with E-state index >= 15 is 0 Å². The Morgan fingerprint density at radius 3 is 2.83 bits per heavy atom. The lowest BCUT2D eigenvalue weighted by Gasteiger charge is -2.33. The second kappa shape index (κ2) is 8.47. The number of alkyl halides is 3. The predicted octanol–water partition coefficient (Wildman–Crippen LogP) is 3.37. The summed E-state index contributed by atoms with van der Waals surface area (Å²) in [6.45, 7) is 0.205. The van der Waals surface area contributed by atoms with Gasteiger partial charge in [-0.3, -0.25) is 9.20 Å². The van der Waals surface area contributed by atoms with Gasteiger partial charge in [0.05, 0.1) is 55.1 Å². The number of fused-ring (bicyclic) bond motifs is 4. The maximum absolute atomic E-state index is 13.7. The molecule has 1 amide bonds. The first-order chi connectivity index (χ1) is 16.7. The van der Waals surface area contributed by atoms with Crippen LogP contribution < -0.4 is 5.73 Å². The van der Waals surface area contributed by atoms with Gasteiger partial charge in [0, 0.05) is 25.3 Å². The highest BCUT2D eigenvalue weighted by atomic mass is 19.4. The number of nitrogens with two attached hydrogens (primary N) is 1. The van der Waals surface area contributed by atoms with Crippen LogP contribution in [0.25, 0.3) is 16.6 Å². The Kier molecular flexibility index (Phi) is 5.56. The van der Waals surface area contributed by atoms with E-state index in [2.05, 4.69) is 15.0 Å². The number of nitrogen functional groups attached to an aromatic ring is 1. The number of aromatic nitrogens is 4. The van der Waals surface area contributed by atoms with Crippen molar-refractivity contribution in [1.29, 1.82) is 0 Å². The van der Waals surface area contributed by atoms with Crippen LogP contribution in [-0.4, -0.2) is 50.9 Å². The number of nitrogens with zero attached hydrogens (tertiary/aromatic N) is 5. The number of anilines is 1. The fraction of sp³-hybridized carbons (Fsp3) is 0.304. The lowest BCUT2D eigenvalue weighted by atomic mass is 9.99. The highest BCUT2D eigenvalue weighted by molar-refractivity contribution is 6.00. The fourth-order valence-electron chi connectivity index (χ4n) is 4.34. The van der Waals surface area contributed by atoms with Crippen molar-refractivity contribution in [2.75, 3.05) is 26.5 Å². The smallest absolute Gasteiger partial charge is 0.382 e. The van der Waals surface area contributed by atoms with Crippen LogP contribution in [-0.2, 0) is 28.9 Å². The largest absolute Gasteiger partial charge is 0.433 e. The monoisotopic (exact) mass is 486 g/mol. The summed E-state index contributed by atoms with van der Waals surface area (Å²) >= 11 is 0. The molecule has 0 saturated heterocycles. The van der Waals surface area contributed by atoms with Crippen molar-refractivity contribution in [2.24, 2.45) is 0 Å². The summed E-state index contributed by atoms with van der Waals surface area (Å²) < 4.78 is 51.9. The molecule has 0 fully saturated rings. The second-order valence-electron chi connectivity index (χ2n) is 8.25. The second-order valence-corrected chi connectivity index (χ2v) is 8.25. The van der Waals surface area contributed by atoms with Crippen molar-refractivity contribution >= 4 is 28.3 Å². The molecule has 5 rings (SSSR count). The van der Waals surface area contributed by atoms with E-state index < -0.39 is 17.9 Å². The Bertz CT molecular complexity index is 1450. The van der Waals surface area contributed by atoms with E-state index in [-0.39, 0.29) is 31.4 Å². The third-order valence-corrected chi connectivity index (χ3v) is 6.09. The highest BCUT2D eigenvalue weighted by Gasteiger charge is 2.36. The lowest BCUT2D eigenvalue weighted by molar-refractivity contribution is -0.141. The molecule has 9 nitrogen and oxygen atoms in total. The standard InChI is InChI=1S/C23H21F3N6O3/c1-31(19-10-35-9-16-13(19)3-4-20(29-16)23(24,25)26)22(33)14-6-17-15(5-12(14)8-34-2)30-21(27)18-7-28-11-32(17)18/h3-7,11,19H,8-10H2,1-2H3,(H2,27,30)/t19-/m1/s1. The van der Waals surface area contributed by atoms with E-state index in [1.165, 1.54) is 18.1 Å². The molecular formula is C23H21F3N6O3. The number of rotatable bonds is 4. The number of likely N-dealkylation sites (N-methyl/N-ethyl adjacent to an activating group) is 1. The van der Waals surface area contributed by atoms with E-state index in [1.54, 1.807) is 36.1 Å². The van der Waals surface area contributed by atoms with Gasteiger partial charge in [0.1, 0.15) is 17.0 Å². The van der Waals surface area contributed by atoms with E-state index in [4.69, 9.17) is 15.2 Å². The van der Waals surface area contributed by atoms with E-state index in [0.717, 1.165) is 6.07 Å². The first kappa shape index (κ1) is 23.0. The molecule has 12 heteroatoms. The fourth-order valence-corrected chi connectivity index (χ4v) is 4.34. The van der Waals surface area contributed by atoms with Gasteiger partial charge < -0.3 is 20.1 Å². The Morgan fingerprint density at radius 1 is 1.29 bits per heavy atom. The zero-order valence-electron chi connectivity index (χ0n) is 18.8. The van der Waals surface area contributed by atoms with Crippen LogP contribution in [0, 0.1) is 0 Å². The number of imidazole rings is 1. The number of halogens is 3. The molecule has 1 aliphatic heterocycles. The molecule has 0 aliphatic carbocycles. The number of benzene rings is 1. The average Bonchev–Trinajstić information content (AvgIpc) is 3.33. The molecule has 35 heavy (non-hydrogen) atoms. The van der Waals surface area contributed by atoms with Crippen LogP contribution in [0.3, 0.4) is 0 Å². The maximum atomic E-state index is 13.7. The highest BCUT2D eigenvalue weighted by Crippen LogP contribution is 2.34. The van der Waals surface area contributed by atoms with Crippen molar-refractivity contribution in [3.63, 3.8) is 0 Å². The van der Waals surface area contributed by atoms with Gasteiger partial charge in [-0.25, -0.2) is 15.0 Å². The van der Waals surface area contributed by atoms with E-state index in [1.807, 2.05) is 0 Å². The Morgan fingerprint density at radius 2 is 2.09 bits per heavy atom.